The van der Waals surface area contributed by atoms with Crippen molar-refractivity contribution in [1.29, 1.82) is 0 Å². The molecule has 2 aromatic carbocycles. The molecule has 0 heterocycles. The van der Waals surface area contributed by atoms with Crippen LogP contribution in [-0.2, 0) is 14.8 Å². The van der Waals surface area contributed by atoms with Gasteiger partial charge in [-0.2, -0.15) is 0 Å². The van der Waals surface area contributed by atoms with Crippen LogP contribution in [0.15, 0.2) is 47.4 Å². The van der Waals surface area contributed by atoms with Gasteiger partial charge in [0.15, 0.2) is 0 Å². The van der Waals surface area contributed by atoms with Gasteiger partial charge in [0.05, 0.1) is 28.9 Å². The van der Waals surface area contributed by atoms with Crippen molar-refractivity contribution in [2.24, 2.45) is 0 Å². The van der Waals surface area contributed by atoms with Crippen molar-refractivity contribution in [1.82, 2.24) is 0 Å². The van der Waals surface area contributed by atoms with Gasteiger partial charge in [-0.1, -0.05) is 17.7 Å². The van der Waals surface area contributed by atoms with E-state index in [1.807, 2.05) is 20.8 Å². The minimum absolute atomic E-state index is 0.0894. The van der Waals surface area contributed by atoms with Crippen molar-refractivity contribution in [3.05, 3.63) is 53.6 Å². The van der Waals surface area contributed by atoms with E-state index in [0.29, 0.717) is 5.69 Å². The molecule has 2 rings (SSSR count). The highest BCUT2D eigenvalue weighted by Crippen LogP contribution is 2.27. The number of aryl methyl sites for hydroxylation is 1. The maximum absolute atomic E-state index is 12.6. The van der Waals surface area contributed by atoms with E-state index in [1.54, 1.807) is 24.3 Å². The third-order valence-electron chi connectivity index (χ3n) is 3.46. The molecule has 0 fully saturated rings. The number of carbonyl (C=O) groups excluding carboxylic acids is 1. The summed E-state index contributed by atoms with van der Waals surface area (Å²) in [5.41, 5.74) is 2.10. The van der Waals surface area contributed by atoms with E-state index in [9.17, 15) is 13.2 Å². The van der Waals surface area contributed by atoms with Crippen LogP contribution >= 0.6 is 0 Å². The lowest BCUT2D eigenvalue weighted by Gasteiger charge is -2.17. The van der Waals surface area contributed by atoms with E-state index in [1.165, 1.54) is 25.3 Å². The van der Waals surface area contributed by atoms with Crippen LogP contribution in [0.1, 0.15) is 29.8 Å². The van der Waals surface area contributed by atoms with E-state index >= 15 is 0 Å². The predicted octanol–water partition coefficient (Wildman–Crippen LogP) is 3.40. The Morgan fingerprint density at radius 3 is 2.24 bits per heavy atom. The quantitative estimate of drug-likeness (QED) is 0.770. The molecular weight excluding hydrogens is 340 g/mol. The summed E-state index contributed by atoms with van der Waals surface area (Å²) in [6, 6.07) is 11.3. The second kappa shape index (κ2) is 7.57. The van der Waals surface area contributed by atoms with Crippen molar-refractivity contribution >= 4 is 27.4 Å². The van der Waals surface area contributed by atoms with Crippen LogP contribution in [-0.4, -0.2) is 27.5 Å². The van der Waals surface area contributed by atoms with Gasteiger partial charge in [0.25, 0.3) is 10.0 Å². The van der Waals surface area contributed by atoms with Crippen molar-refractivity contribution in [3.63, 3.8) is 0 Å². The maximum atomic E-state index is 12.6. The highest BCUT2D eigenvalue weighted by atomic mass is 32.2. The summed E-state index contributed by atoms with van der Waals surface area (Å²) in [5.74, 6) is -0.535. The minimum atomic E-state index is -3.78. The molecule has 0 saturated heterocycles. The van der Waals surface area contributed by atoms with E-state index in [0.717, 1.165) is 5.56 Å². The first kappa shape index (κ1) is 18.8. The molecule has 7 heteroatoms. The molecular formula is C18H22N2O4S. The topological polar surface area (TPSA) is 84.5 Å². The van der Waals surface area contributed by atoms with Crippen LogP contribution in [0.25, 0.3) is 0 Å². The van der Waals surface area contributed by atoms with Crippen LogP contribution in [0.4, 0.5) is 11.4 Å². The molecule has 0 aliphatic carbocycles. The summed E-state index contributed by atoms with van der Waals surface area (Å²) in [7, 11) is -2.50. The van der Waals surface area contributed by atoms with Gasteiger partial charge in [0, 0.05) is 6.04 Å². The molecule has 0 spiro atoms. The number of sulfonamides is 1. The first-order chi connectivity index (χ1) is 11.7. The number of anilines is 2. The fraction of sp³-hybridized carbons (Fsp3) is 0.278. The maximum Gasteiger partial charge on any atom is 0.337 e. The Balaban J connectivity index is 2.44. The standard InChI is InChI=1S/C18H22N2O4S/c1-12(2)19-16-10-7-14(18(21)24-4)11-17(16)20-25(22,23)15-8-5-13(3)6-9-15/h5-12,19-20H,1-4H3. The fourth-order valence-corrected chi connectivity index (χ4v) is 3.30. The van der Waals surface area contributed by atoms with Crippen LogP contribution in [0.5, 0.6) is 0 Å². The number of carbonyl (C=O) groups is 1. The number of ether oxygens (including phenoxy) is 1. The van der Waals surface area contributed by atoms with Gasteiger partial charge in [-0.25, -0.2) is 13.2 Å². The van der Waals surface area contributed by atoms with Gasteiger partial charge in [0.2, 0.25) is 0 Å². The largest absolute Gasteiger partial charge is 0.465 e. The third-order valence-corrected chi connectivity index (χ3v) is 4.84. The Morgan fingerprint density at radius 1 is 1.04 bits per heavy atom. The molecule has 0 aromatic heterocycles. The Bertz CT molecular complexity index is 859. The number of benzene rings is 2. The van der Waals surface area contributed by atoms with Crippen LogP contribution in [0.3, 0.4) is 0 Å². The SMILES string of the molecule is COC(=O)c1ccc(NC(C)C)c(NS(=O)(=O)c2ccc(C)cc2)c1. The molecule has 6 nitrogen and oxygen atoms in total. The van der Waals surface area contributed by atoms with Crippen LogP contribution in [0.2, 0.25) is 0 Å². The fourth-order valence-electron chi connectivity index (χ4n) is 2.23. The Labute approximate surface area is 148 Å². The molecule has 2 aromatic rings. The molecule has 25 heavy (non-hydrogen) atoms. The van der Waals surface area contributed by atoms with E-state index in [4.69, 9.17) is 4.74 Å². The van der Waals surface area contributed by atoms with Crippen molar-refractivity contribution < 1.29 is 17.9 Å². The highest BCUT2D eigenvalue weighted by Gasteiger charge is 2.18. The summed E-state index contributed by atoms with van der Waals surface area (Å²) in [5, 5.41) is 3.16. The summed E-state index contributed by atoms with van der Waals surface area (Å²) in [6.45, 7) is 5.76. The van der Waals surface area contributed by atoms with E-state index in [2.05, 4.69) is 10.0 Å². The summed E-state index contributed by atoms with van der Waals surface area (Å²) < 4.78 is 32.5. The molecule has 134 valence electrons. The first-order valence-electron chi connectivity index (χ1n) is 7.81. The molecule has 0 bridgehead atoms. The molecule has 0 aliphatic heterocycles. The van der Waals surface area contributed by atoms with Gasteiger partial charge in [-0.05, 0) is 51.1 Å². The molecule has 0 unspecified atom stereocenters. The highest BCUT2D eigenvalue weighted by molar-refractivity contribution is 7.92. The molecule has 0 saturated carbocycles. The zero-order chi connectivity index (χ0) is 18.6. The molecule has 0 amide bonds. The zero-order valence-corrected chi connectivity index (χ0v) is 15.5. The molecule has 0 aliphatic rings. The third kappa shape index (κ3) is 4.73. The normalized spacial score (nSPS) is 11.2. The second-order valence-corrected chi connectivity index (χ2v) is 7.65. The monoisotopic (exact) mass is 362 g/mol. The Hall–Kier alpha value is -2.54. The molecule has 0 atom stereocenters. The van der Waals surface area contributed by atoms with Crippen LogP contribution < -0.4 is 10.0 Å². The van der Waals surface area contributed by atoms with Crippen LogP contribution in [0, 0.1) is 6.92 Å². The van der Waals surface area contributed by atoms with E-state index < -0.39 is 16.0 Å². The Morgan fingerprint density at radius 2 is 1.68 bits per heavy atom. The first-order valence-corrected chi connectivity index (χ1v) is 9.29. The summed E-state index contributed by atoms with van der Waals surface area (Å²) in [6.07, 6.45) is 0. The number of esters is 1. The van der Waals surface area contributed by atoms with Gasteiger partial charge in [-0.3, -0.25) is 4.72 Å². The van der Waals surface area contributed by atoms with Crippen molar-refractivity contribution in [2.45, 2.75) is 31.7 Å². The number of hydrogen-bond donors (Lipinski definition) is 2. The van der Waals surface area contributed by atoms with Crippen molar-refractivity contribution in [3.8, 4) is 0 Å². The predicted molar refractivity (Wildman–Crippen MR) is 98.5 cm³/mol. The molecule has 0 radical (unpaired) electrons. The Kier molecular flexibility index (Phi) is 5.69. The summed E-state index contributed by atoms with van der Waals surface area (Å²) in [4.78, 5) is 11.9. The minimum Gasteiger partial charge on any atom is -0.465 e. The lowest BCUT2D eigenvalue weighted by atomic mass is 10.1. The van der Waals surface area contributed by atoms with Gasteiger partial charge < -0.3 is 10.1 Å². The lowest BCUT2D eigenvalue weighted by molar-refractivity contribution is 0.0601. The second-order valence-electron chi connectivity index (χ2n) is 5.97. The van der Waals surface area contributed by atoms with Gasteiger partial charge >= 0.3 is 5.97 Å². The molecule has 2 N–H and O–H groups in total. The number of methoxy groups -OCH3 is 1. The van der Waals surface area contributed by atoms with Gasteiger partial charge in [-0.15, -0.1) is 0 Å². The van der Waals surface area contributed by atoms with E-state index in [-0.39, 0.29) is 22.2 Å². The zero-order valence-electron chi connectivity index (χ0n) is 14.7. The number of rotatable bonds is 6. The average molecular weight is 362 g/mol. The number of hydrogen-bond acceptors (Lipinski definition) is 5. The summed E-state index contributed by atoms with van der Waals surface area (Å²) >= 11 is 0. The average Bonchev–Trinajstić information content (AvgIpc) is 2.55. The number of nitrogens with one attached hydrogen (secondary N) is 2. The van der Waals surface area contributed by atoms with Gasteiger partial charge in [0.1, 0.15) is 0 Å². The van der Waals surface area contributed by atoms with Crippen molar-refractivity contribution in [2.75, 3.05) is 17.1 Å². The smallest absolute Gasteiger partial charge is 0.337 e. The lowest BCUT2D eigenvalue weighted by Crippen LogP contribution is -2.17.